The maximum atomic E-state index is 11.3. The van der Waals surface area contributed by atoms with Crippen LogP contribution in [0.2, 0.25) is 5.02 Å². The fourth-order valence-corrected chi connectivity index (χ4v) is 3.18. The fraction of sp³-hybridized carbons (Fsp3) is 0.130. The Morgan fingerprint density at radius 3 is 2.68 bits per heavy atom. The Kier molecular flexibility index (Phi) is 6.24. The Bertz CT molecular complexity index is 1210. The molecule has 7 nitrogen and oxygen atoms in total. The Labute approximate surface area is 184 Å². The molecule has 4 aromatic rings. The van der Waals surface area contributed by atoms with Crippen LogP contribution in [0, 0.1) is 0 Å². The lowest BCUT2D eigenvalue weighted by atomic mass is 10.2. The van der Waals surface area contributed by atoms with Crippen LogP contribution in [0.3, 0.4) is 0 Å². The van der Waals surface area contributed by atoms with E-state index in [0.717, 1.165) is 11.4 Å². The van der Waals surface area contributed by atoms with Crippen LogP contribution in [0.1, 0.15) is 12.6 Å². The molecule has 31 heavy (non-hydrogen) atoms. The molecule has 2 heterocycles. The number of hydrogen-bond acceptors (Lipinski definition) is 7. The highest BCUT2D eigenvalue weighted by atomic mass is 35.5. The molecule has 2 aromatic heterocycles. The number of pyridine rings is 1. The third-order valence-electron chi connectivity index (χ3n) is 4.35. The lowest BCUT2D eigenvalue weighted by Crippen LogP contribution is -2.07. The van der Waals surface area contributed by atoms with Gasteiger partial charge < -0.3 is 14.8 Å². The number of nitrogens with zero attached hydrogens (tertiary/aromatic N) is 3. The molecular weight excluding hydrogens is 416 g/mol. The lowest BCUT2D eigenvalue weighted by molar-refractivity contribution is -0.118. The summed E-state index contributed by atoms with van der Waals surface area (Å²) < 4.78 is 11.4. The highest BCUT2D eigenvalue weighted by Gasteiger charge is 2.12. The van der Waals surface area contributed by atoms with Crippen molar-refractivity contribution in [1.82, 2.24) is 15.0 Å². The number of rotatable bonds is 8. The van der Waals surface area contributed by atoms with E-state index < -0.39 is 0 Å². The number of aromatic nitrogens is 3. The van der Waals surface area contributed by atoms with Crippen molar-refractivity contribution >= 4 is 39.8 Å². The molecule has 0 amide bonds. The molecule has 8 heteroatoms. The number of benzene rings is 2. The number of ether oxygens (including phenoxy) is 2. The summed E-state index contributed by atoms with van der Waals surface area (Å²) in [6, 6.07) is 16.5. The molecule has 0 aliphatic carbocycles. The molecule has 0 radical (unpaired) electrons. The molecule has 1 N–H and O–H groups in total. The molecule has 0 aliphatic heterocycles. The van der Waals surface area contributed by atoms with E-state index in [1.807, 2.05) is 36.4 Å². The maximum absolute atomic E-state index is 11.3. The normalized spacial score (nSPS) is 10.6. The van der Waals surface area contributed by atoms with E-state index >= 15 is 0 Å². The zero-order valence-electron chi connectivity index (χ0n) is 16.7. The third kappa shape index (κ3) is 5.07. The number of fused-ring (bicyclic) bond motifs is 1. The third-order valence-corrected chi connectivity index (χ3v) is 4.65. The molecule has 2 aromatic carbocycles. The second kappa shape index (κ2) is 9.40. The van der Waals surface area contributed by atoms with Crippen molar-refractivity contribution in [2.45, 2.75) is 13.5 Å². The van der Waals surface area contributed by atoms with Gasteiger partial charge in [-0.1, -0.05) is 23.7 Å². The first kappa shape index (κ1) is 20.6. The van der Waals surface area contributed by atoms with Crippen molar-refractivity contribution < 1.29 is 14.3 Å². The van der Waals surface area contributed by atoms with Crippen molar-refractivity contribution in [3.63, 3.8) is 0 Å². The van der Waals surface area contributed by atoms with Gasteiger partial charge in [-0.05, 0) is 49.4 Å². The second-order valence-electron chi connectivity index (χ2n) is 6.74. The lowest BCUT2D eigenvalue weighted by Gasteiger charge is -2.13. The van der Waals surface area contributed by atoms with Crippen LogP contribution in [-0.2, 0) is 11.4 Å². The van der Waals surface area contributed by atoms with Gasteiger partial charge in [0.1, 0.15) is 36.9 Å². The van der Waals surface area contributed by atoms with Crippen molar-refractivity contribution in [3.8, 4) is 11.5 Å². The molecule has 0 bridgehead atoms. The maximum Gasteiger partial charge on any atom is 0.167 e. The van der Waals surface area contributed by atoms with Gasteiger partial charge in [-0.25, -0.2) is 9.97 Å². The van der Waals surface area contributed by atoms with Crippen molar-refractivity contribution in [2.24, 2.45) is 0 Å². The first-order chi connectivity index (χ1) is 15.1. The quantitative estimate of drug-likeness (QED) is 0.419. The summed E-state index contributed by atoms with van der Waals surface area (Å²) >= 11 is 6.42. The van der Waals surface area contributed by atoms with Gasteiger partial charge in [0.2, 0.25) is 0 Å². The summed E-state index contributed by atoms with van der Waals surface area (Å²) in [5.41, 5.74) is 2.22. The molecular formula is C23H19ClN4O3. The highest BCUT2D eigenvalue weighted by Crippen LogP contribution is 2.34. The van der Waals surface area contributed by atoms with Gasteiger partial charge in [0.25, 0.3) is 0 Å². The number of nitrogens with one attached hydrogen (secondary N) is 1. The van der Waals surface area contributed by atoms with Crippen molar-refractivity contribution in [2.75, 3.05) is 11.9 Å². The van der Waals surface area contributed by atoms with Gasteiger partial charge in [0.05, 0.1) is 21.6 Å². The van der Waals surface area contributed by atoms with Crippen LogP contribution in [-0.4, -0.2) is 27.3 Å². The number of carbonyl (C=O) groups excluding carboxylic acids is 1. The summed E-state index contributed by atoms with van der Waals surface area (Å²) in [7, 11) is 0. The predicted octanol–water partition coefficient (Wildman–Crippen LogP) is 4.97. The van der Waals surface area contributed by atoms with Gasteiger partial charge in [0.15, 0.2) is 5.78 Å². The van der Waals surface area contributed by atoms with E-state index in [1.165, 1.54) is 13.3 Å². The fourth-order valence-electron chi connectivity index (χ4n) is 2.94. The SMILES string of the molecule is CC(=O)COc1cccc2ncnc(Nc3ccc(OCc4ccccn4)c(Cl)c3)c12. The van der Waals surface area contributed by atoms with Crippen molar-refractivity contribution in [1.29, 1.82) is 0 Å². The van der Waals surface area contributed by atoms with Gasteiger partial charge >= 0.3 is 0 Å². The van der Waals surface area contributed by atoms with Crippen LogP contribution in [0.5, 0.6) is 11.5 Å². The van der Waals surface area contributed by atoms with Gasteiger partial charge in [-0.2, -0.15) is 0 Å². The minimum absolute atomic E-state index is 0.0262. The van der Waals surface area contributed by atoms with E-state index in [2.05, 4.69) is 20.3 Å². The molecule has 0 saturated carbocycles. The Hall–Kier alpha value is -3.71. The van der Waals surface area contributed by atoms with Gasteiger partial charge in [-0.15, -0.1) is 0 Å². The molecule has 0 aliphatic rings. The number of halogens is 1. The average Bonchev–Trinajstić information content (AvgIpc) is 2.78. The molecule has 0 fully saturated rings. The molecule has 0 spiro atoms. The minimum atomic E-state index is -0.0727. The van der Waals surface area contributed by atoms with Gasteiger partial charge in [0, 0.05) is 11.9 Å². The number of carbonyl (C=O) groups is 1. The predicted molar refractivity (Wildman–Crippen MR) is 119 cm³/mol. The first-order valence-electron chi connectivity index (χ1n) is 9.55. The monoisotopic (exact) mass is 434 g/mol. The zero-order valence-corrected chi connectivity index (χ0v) is 17.5. The standard InChI is InChI=1S/C23H19ClN4O3/c1-15(29)12-30-21-7-4-6-19-22(21)23(27-14-26-19)28-16-8-9-20(18(24)11-16)31-13-17-5-2-3-10-25-17/h2-11,14H,12-13H2,1H3,(H,26,27,28). The Morgan fingerprint density at radius 1 is 1.00 bits per heavy atom. The first-order valence-corrected chi connectivity index (χ1v) is 9.93. The van der Waals surface area contributed by atoms with E-state index in [-0.39, 0.29) is 12.4 Å². The van der Waals surface area contributed by atoms with E-state index in [4.69, 9.17) is 21.1 Å². The van der Waals surface area contributed by atoms with Crippen LogP contribution in [0.25, 0.3) is 10.9 Å². The average molecular weight is 435 g/mol. The largest absolute Gasteiger partial charge is 0.486 e. The summed E-state index contributed by atoms with van der Waals surface area (Å²) in [5, 5.41) is 4.38. The topological polar surface area (TPSA) is 86.2 Å². The second-order valence-corrected chi connectivity index (χ2v) is 7.15. The summed E-state index contributed by atoms with van der Waals surface area (Å²) in [6.45, 7) is 1.77. The van der Waals surface area contributed by atoms with Gasteiger partial charge in [-0.3, -0.25) is 9.78 Å². The number of ketones is 1. The highest BCUT2D eigenvalue weighted by molar-refractivity contribution is 6.32. The van der Waals surface area contributed by atoms with Crippen LogP contribution in [0.15, 0.2) is 67.1 Å². The zero-order chi connectivity index (χ0) is 21.6. The summed E-state index contributed by atoms with van der Waals surface area (Å²) in [5.74, 6) is 1.55. The number of hydrogen-bond donors (Lipinski definition) is 1. The van der Waals surface area contributed by atoms with Crippen LogP contribution in [0.4, 0.5) is 11.5 Å². The Morgan fingerprint density at radius 2 is 1.90 bits per heavy atom. The molecule has 0 atom stereocenters. The van der Waals surface area contributed by atoms with E-state index in [0.29, 0.717) is 39.8 Å². The summed E-state index contributed by atoms with van der Waals surface area (Å²) in [4.78, 5) is 24.2. The molecule has 4 rings (SSSR count). The summed E-state index contributed by atoms with van der Waals surface area (Å²) in [6.07, 6.45) is 3.18. The molecule has 156 valence electrons. The number of anilines is 2. The molecule has 0 saturated heterocycles. The van der Waals surface area contributed by atoms with E-state index in [9.17, 15) is 4.79 Å². The number of Topliss-reactive ketones (excluding diaryl/α,β-unsaturated/α-hetero) is 1. The van der Waals surface area contributed by atoms with E-state index in [1.54, 1.807) is 24.4 Å². The molecule has 0 unspecified atom stereocenters. The smallest absolute Gasteiger partial charge is 0.167 e. The van der Waals surface area contributed by atoms with Crippen molar-refractivity contribution in [3.05, 3.63) is 77.8 Å². The van der Waals surface area contributed by atoms with Crippen LogP contribution < -0.4 is 14.8 Å². The Balaban J connectivity index is 1.56. The minimum Gasteiger partial charge on any atom is -0.486 e. The van der Waals surface area contributed by atoms with Crippen LogP contribution >= 0.6 is 11.6 Å².